The van der Waals surface area contributed by atoms with Gasteiger partial charge in [0.15, 0.2) is 5.78 Å². The second-order valence-electron chi connectivity index (χ2n) is 6.95. The van der Waals surface area contributed by atoms with Crippen molar-refractivity contribution in [2.45, 2.75) is 39.0 Å². The van der Waals surface area contributed by atoms with Crippen molar-refractivity contribution in [1.29, 1.82) is 0 Å². The van der Waals surface area contributed by atoms with E-state index in [1.54, 1.807) is 13.0 Å². The van der Waals surface area contributed by atoms with E-state index >= 15 is 0 Å². The predicted octanol–water partition coefficient (Wildman–Crippen LogP) is 3.98. The van der Waals surface area contributed by atoms with E-state index in [0.29, 0.717) is 6.42 Å². The molecule has 2 heterocycles. The average molecular weight is 367 g/mol. The first-order valence-corrected chi connectivity index (χ1v) is 9.37. The number of aliphatic hydroxyl groups is 1. The molecule has 0 atom stereocenters. The van der Waals surface area contributed by atoms with Crippen LogP contribution in [-0.2, 0) is 9.59 Å². The van der Waals surface area contributed by atoms with Gasteiger partial charge >= 0.3 is 5.97 Å². The van der Waals surface area contributed by atoms with Gasteiger partial charge in [-0.2, -0.15) is 0 Å². The summed E-state index contributed by atoms with van der Waals surface area (Å²) in [5.41, 5.74) is 3.33. The molecule has 0 saturated carbocycles. The van der Waals surface area contributed by atoms with Crippen LogP contribution in [0.1, 0.15) is 39.0 Å². The van der Waals surface area contributed by atoms with Crippen LogP contribution in [-0.4, -0.2) is 40.0 Å². The standard InChI is InChI=1S/C22H25NO4/c1-3-7-16(22(26)27)15(4-2)20(24)18-11-10-14-8-5-12-23-13-6-9-17(19(14)23)21(18)25/h3-4,7,11,25H,1,5-6,8-10,12-13H2,2H3,(H,26,27)/b15-4+,16-7+. The largest absolute Gasteiger partial charge is 0.507 e. The smallest absolute Gasteiger partial charge is 0.336 e. The molecule has 0 aromatic rings. The predicted molar refractivity (Wildman–Crippen MR) is 104 cm³/mol. The Balaban J connectivity index is 2.05. The number of carboxylic acids is 1. The van der Waals surface area contributed by atoms with E-state index in [-0.39, 0.29) is 22.5 Å². The van der Waals surface area contributed by atoms with Crippen LogP contribution in [0.2, 0.25) is 0 Å². The average Bonchev–Trinajstić information content (AvgIpc) is 2.80. The van der Waals surface area contributed by atoms with Gasteiger partial charge < -0.3 is 15.1 Å². The molecule has 5 heteroatoms. The number of aliphatic hydroxyl groups excluding tert-OH is 1. The van der Waals surface area contributed by atoms with E-state index in [9.17, 15) is 19.8 Å². The van der Waals surface area contributed by atoms with Gasteiger partial charge in [0.2, 0.25) is 0 Å². The summed E-state index contributed by atoms with van der Waals surface area (Å²) < 4.78 is 0. The molecule has 0 radical (unpaired) electrons. The Hall–Kier alpha value is -2.82. The Morgan fingerprint density at radius 3 is 2.52 bits per heavy atom. The lowest BCUT2D eigenvalue weighted by Gasteiger charge is -2.38. The molecule has 3 aliphatic rings. The lowest BCUT2D eigenvalue weighted by molar-refractivity contribution is -0.132. The molecular weight excluding hydrogens is 342 g/mol. The minimum absolute atomic E-state index is 0.000656. The zero-order chi connectivity index (χ0) is 19.6. The summed E-state index contributed by atoms with van der Waals surface area (Å²) in [5, 5.41) is 20.4. The van der Waals surface area contributed by atoms with Crippen molar-refractivity contribution in [3.63, 3.8) is 0 Å². The molecule has 2 aliphatic heterocycles. The second-order valence-corrected chi connectivity index (χ2v) is 6.95. The molecule has 0 aromatic carbocycles. The Kier molecular flexibility index (Phi) is 5.49. The first kappa shape index (κ1) is 19.0. The summed E-state index contributed by atoms with van der Waals surface area (Å²) in [6.07, 6.45) is 10.2. The second kappa shape index (κ2) is 7.82. The first-order valence-electron chi connectivity index (χ1n) is 9.37. The Morgan fingerprint density at radius 1 is 1.19 bits per heavy atom. The van der Waals surface area contributed by atoms with Gasteiger partial charge in [0.25, 0.3) is 0 Å². The fourth-order valence-corrected chi connectivity index (χ4v) is 4.19. The van der Waals surface area contributed by atoms with Gasteiger partial charge in [-0.1, -0.05) is 24.8 Å². The molecule has 0 aromatic heterocycles. The molecule has 1 fully saturated rings. The third-order valence-electron chi connectivity index (χ3n) is 5.37. The molecule has 1 saturated heterocycles. The van der Waals surface area contributed by atoms with E-state index in [0.717, 1.165) is 50.0 Å². The highest BCUT2D eigenvalue weighted by Crippen LogP contribution is 2.41. The highest BCUT2D eigenvalue weighted by Gasteiger charge is 2.33. The van der Waals surface area contributed by atoms with Gasteiger partial charge in [-0.25, -0.2) is 4.79 Å². The molecular formula is C22H25NO4. The molecule has 5 nitrogen and oxygen atoms in total. The van der Waals surface area contributed by atoms with Crippen molar-refractivity contribution in [2.24, 2.45) is 0 Å². The molecule has 1 aliphatic carbocycles. The maximum Gasteiger partial charge on any atom is 0.336 e. The van der Waals surface area contributed by atoms with Crippen molar-refractivity contribution in [1.82, 2.24) is 4.90 Å². The normalized spacial score (nSPS) is 20.8. The van der Waals surface area contributed by atoms with E-state index in [2.05, 4.69) is 11.5 Å². The molecule has 0 bridgehead atoms. The number of aliphatic carboxylic acids is 1. The van der Waals surface area contributed by atoms with Crippen LogP contribution in [0.25, 0.3) is 0 Å². The zero-order valence-electron chi connectivity index (χ0n) is 15.6. The monoisotopic (exact) mass is 367 g/mol. The maximum atomic E-state index is 13.2. The number of carbonyl (C=O) groups excluding carboxylic acids is 1. The number of rotatable bonds is 5. The molecule has 3 rings (SSSR count). The summed E-state index contributed by atoms with van der Waals surface area (Å²) in [6, 6.07) is 0. The highest BCUT2D eigenvalue weighted by atomic mass is 16.4. The summed E-state index contributed by atoms with van der Waals surface area (Å²) in [4.78, 5) is 27.1. The number of carboxylic acid groups (broad SMARTS) is 1. The third-order valence-corrected chi connectivity index (χ3v) is 5.37. The minimum Gasteiger partial charge on any atom is -0.507 e. The van der Waals surface area contributed by atoms with Crippen LogP contribution in [0.3, 0.4) is 0 Å². The van der Waals surface area contributed by atoms with Crippen LogP contribution in [0, 0.1) is 0 Å². The van der Waals surface area contributed by atoms with Crippen LogP contribution in [0.5, 0.6) is 0 Å². The first-order chi connectivity index (χ1) is 13.0. The number of ketones is 1. The fraction of sp³-hybridized carbons (Fsp3) is 0.364. The van der Waals surface area contributed by atoms with E-state index < -0.39 is 11.8 Å². The van der Waals surface area contributed by atoms with Crippen molar-refractivity contribution < 1.29 is 19.8 Å². The lowest BCUT2D eigenvalue weighted by atomic mass is 9.89. The Morgan fingerprint density at radius 2 is 1.89 bits per heavy atom. The van der Waals surface area contributed by atoms with Crippen LogP contribution >= 0.6 is 0 Å². The van der Waals surface area contributed by atoms with E-state index in [4.69, 9.17) is 0 Å². The van der Waals surface area contributed by atoms with Crippen LogP contribution in [0.4, 0.5) is 0 Å². The van der Waals surface area contributed by atoms with Gasteiger partial charge in [-0.05, 0) is 50.7 Å². The van der Waals surface area contributed by atoms with E-state index in [1.165, 1.54) is 23.8 Å². The molecule has 27 heavy (non-hydrogen) atoms. The number of nitrogens with zero attached hydrogens (tertiary/aromatic N) is 1. The summed E-state index contributed by atoms with van der Waals surface area (Å²) in [5.74, 6) is -1.66. The fourth-order valence-electron chi connectivity index (χ4n) is 4.19. The van der Waals surface area contributed by atoms with Gasteiger partial charge in [0.1, 0.15) is 5.76 Å². The summed E-state index contributed by atoms with van der Waals surface area (Å²) >= 11 is 0. The third kappa shape index (κ3) is 3.42. The highest BCUT2D eigenvalue weighted by molar-refractivity contribution is 6.18. The molecule has 0 amide bonds. The number of allylic oxidation sites excluding steroid dienone is 7. The van der Waals surface area contributed by atoms with E-state index in [1.807, 2.05) is 0 Å². The minimum atomic E-state index is -1.20. The van der Waals surface area contributed by atoms with Crippen LogP contribution < -0.4 is 0 Å². The van der Waals surface area contributed by atoms with Crippen LogP contribution in [0.15, 0.2) is 70.2 Å². The Labute approximate surface area is 159 Å². The number of hydrogen-bond acceptors (Lipinski definition) is 4. The molecule has 0 unspecified atom stereocenters. The number of piperidine rings is 1. The van der Waals surface area contributed by atoms with Gasteiger partial charge in [-0.3, -0.25) is 4.79 Å². The number of hydrogen-bond donors (Lipinski definition) is 2. The summed E-state index contributed by atoms with van der Waals surface area (Å²) in [7, 11) is 0. The SMILES string of the molecule is C=C/C=C(C(=O)O)\C(=C/C)C(=O)C1=CCC2=C3C(=C1O)CCCN3CCC2. The quantitative estimate of drug-likeness (QED) is 0.568. The number of carbonyl (C=O) groups is 2. The number of Topliss-reactive ketones (excluding diaryl/α,β-unsaturated/α-hetero) is 1. The Bertz CT molecular complexity index is 852. The molecule has 142 valence electrons. The van der Waals surface area contributed by atoms with Gasteiger partial charge in [-0.15, -0.1) is 0 Å². The van der Waals surface area contributed by atoms with Crippen molar-refractivity contribution in [3.05, 3.63) is 70.2 Å². The van der Waals surface area contributed by atoms with Crippen molar-refractivity contribution in [2.75, 3.05) is 13.1 Å². The van der Waals surface area contributed by atoms with Gasteiger partial charge in [0, 0.05) is 29.9 Å². The van der Waals surface area contributed by atoms with Crippen molar-refractivity contribution >= 4 is 11.8 Å². The topological polar surface area (TPSA) is 77.8 Å². The van der Waals surface area contributed by atoms with Crippen molar-refractivity contribution in [3.8, 4) is 0 Å². The zero-order valence-corrected chi connectivity index (χ0v) is 15.6. The lowest BCUT2D eigenvalue weighted by Crippen LogP contribution is -2.34. The maximum absolute atomic E-state index is 13.2. The molecule has 0 spiro atoms. The summed E-state index contributed by atoms with van der Waals surface area (Å²) in [6.45, 7) is 7.11. The molecule has 2 N–H and O–H groups in total. The van der Waals surface area contributed by atoms with Gasteiger partial charge in [0.05, 0.1) is 11.1 Å².